The number of aliphatic hydroxyl groups excluding tert-OH is 1. The van der Waals surface area contributed by atoms with E-state index in [1.165, 1.54) is 0 Å². The van der Waals surface area contributed by atoms with Crippen molar-refractivity contribution in [2.45, 2.75) is 19.0 Å². The Morgan fingerprint density at radius 3 is 2.58 bits per heavy atom. The molecular weight excluding hydrogens is 439 g/mol. The Bertz CT molecular complexity index is 786. The Kier molecular flexibility index (Phi) is 6.46. The van der Waals surface area contributed by atoms with Crippen molar-refractivity contribution in [3.05, 3.63) is 68.1 Å². The molecule has 2 aromatic carbocycles. The van der Waals surface area contributed by atoms with Crippen molar-refractivity contribution in [2.24, 2.45) is 5.92 Å². The lowest BCUT2D eigenvalue weighted by Crippen LogP contribution is -2.52. The van der Waals surface area contributed by atoms with Gasteiger partial charge in [-0.25, -0.2) is 4.79 Å². The van der Waals surface area contributed by atoms with E-state index >= 15 is 0 Å². The van der Waals surface area contributed by atoms with Gasteiger partial charge in [0.05, 0.1) is 6.04 Å². The zero-order valence-electron chi connectivity index (χ0n) is 14.0. The summed E-state index contributed by atoms with van der Waals surface area (Å²) in [5.74, 6) is 0.102. The van der Waals surface area contributed by atoms with Crippen molar-refractivity contribution in [1.29, 1.82) is 0 Å². The summed E-state index contributed by atoms with van der Waals surface area (Å²) in [6.07, 6.45) is 0.603. The highest BCUT2D eigenvalue weighted by atomic mass is 79.9. The molecule has 0 spiro atoms. The number of benzene rings is 2. The number of nitrogens with zero attached hydrogens (tertiary/aromatic N) is 1. The molecule has 2 atom stereocenters. The maximum absolute atomic E-state index is 12.7. The van der Waals surface area contributed by atoms with Crippen LogP contribution in [-0.2, 0) is 6.54 Å². The van der Waals surface area contributed by atoms with E-state index in [9.17, 15) is 9.90 Å². The molecule has 1 fully saturated rings. The molecule has 1 saturated heterocycles. The summed E-state index contributed by atoms with van der Waals surface area (Å²) in [5.41, 5.74) is 1.87. The highest BCUT2D eigenvalue weighted by Crippen LogP contribution is 2.36. The molecule has 0 saturated carbocycles. The fraction of sp³-hybridized carbons (Fsp3) is 0.316. The number of halogens is 3. The van der Waals surface area contributed by atoms with Crippen molar-refractivity contribution in [3.63, 3.8) is 0 Å². The first-order chi connectivity index (χ1) is 12.5. The molecule has 2 N–H and O–H groups in total. The van der Waals surface area contributed by atoms with E-state index in [1.807, 2.05) is 30.3 Å². The number of amides is 2. The van der Waals surface area contributed by atoms with Gasteiger partial charge in [-0.2, -0.15) is 0 Å². The van der Waals surface area contributed by atoms with E-state index in [0.717, 1.165) is 15.6 Å². The third kappa shape index (κ3) is 4.34. The van der Waals surface area contributed by atoms with Crippen LogP contribution in [0.15, 0.2) is 46.9 Å². The molecule has 1 heterocycles. The van der Waals surface area contributed by atoms with Gasteiger partial charge >= 0.3 is 6.03 Å². The van der Waals surface area contributed by atoms with Gasteiger partial charge in [0, 0.05) is 40.1 Å². The Morgan fingerprint density at radius 2 is 1.92 bits per heavy atom. The second-order valence-corrected chi connectivity index (χ2v) is 8.08. The molecule has 0 aliphatic carbocycles. The van der Waals surface area contributed by atoms with E-state index in [4.69, 9.17) is 23.2 Å². The Labute approximate surface area is 171 Å². The van der Waals surface area contributed by atoms with Crippen molar-refractivity contribution >= 4 is 45.2 Å². The molecule has 138 valence electrons. The Balaban J connectivity index is 1.96. The zero-order valence-corrected chi connectivity index (χ0v) is 17.1. The molecule has 3 rings (SSSR count). The maximum atomic E-state index is 12.7. The predicted molar refractivity (Wildman–Crippen MR) is 107 cm³/mol. The summed E-state index contributed by atoms with van der Waals surface area (Å²) in [4.78, 5) is 14.4. The van der Waals surface area contributed by atoms with Crippen LogP contribution in [-0.4, -0.2) is 29.2 Å². The number of carbonyl (C=O) groups excluding carboxylic acids is 1. The van der Waals surface area contributed by atoms with Crippen LogP contribution in [0.2, 0.25) is 10.0 Å². The third-order valence-corrected chi connectivity index (χ3v) is 5.74. The summed E-state index contributed by atoms with van der Waals surface area (Å²) in [7, 11) is 0. The van der Waals surface area contributed by atoms with Crippen LogP contribution in [0.3, 0.4) is 0 Å². The topological polar surface area (TPSA) is 52.6 Å². The molecule has 0 aromatic heterocycles. The van der Waals surface area contributed by atoms with Crippen LogP contribution in [0.1, 0.15) is 23.6 Å². The molecular formula is C19H19BrCl2N2O2. The summed E-state index contributed by atoms with van der Waals surface area (Å²) in [6.45, 7) is 0.971. The van der Waals surface area contributed by atoms with Crippen molar-refractivity contribution in [2.75, 3.05) is 13.2 Å². The molecule has 4 nitrogen and oxygen atoms in total. The second-order valence-electron chi connectivity index (χ2n) is 6.32. The smallest absolute Gasteiger partial charge is 0.318 e. The van der Waals surface area contributed by atoms with Gasteiger partial charge in [0.25, 0.3) is 0 Å². The third-order valence-electron chi connectivity index (χ3n) is 4.63. The number of urea groups is 1. The minimum atomic E-state index is -0.143. The first-order valence-corrected chi connectivity index (χ1v) is 9.89. The van der Waals surface area contributed by atoms with Crippen LogP contribution in [0.25, 0.3) is 0 Å². The molecule has 2 aromatic rings. The molecule has 7 heteroatoms. The number of hydrogen-bond donors (Lipinski definition) is 2. The predicted octanol–water partition coefficient (Wildman–Crippen LogP) is 5.02. The van der Waals surface area contributed by atoms with Crippen LogP contribution < -0.4 is 5.32 Å². The van der Waals surface area contributed by atoms with Gasteiger partial charge < -0.3 is 15.3 Å². The quantitative estimate of drug-likeness (QED) is 0.662. The molecule has 1 aliphatic heterocycles. The van der Waals surface area contributed by atoms with E-state index < -0.39 is 0 Å². The minimum absolute atomic E-state index is 0.0725. The number of nitrogens with one attached hydrogen (secondary N) is 1. The summed E-state index contributed by atoms with van der Waals surface area (Å²) >= 11 is 15.8. The summed E-state index contributed by atoms with van der Waals surface area (Å²) in [5, 5.41) is 13.5. The maximum Gasteiger partial charge on any atom is 0.318 e. The van der Waals surface area contributed by atoms with Gasteiger partial charge in [0.15, 0.2) is 0 Å². The SMILES string of the molecule is O=C1NCC(CCO)C(c2ccc(Br)cc2)N1Cc1ccc(Cl)cc1Cl. The van der Waals surface area contributed by atoms with Crippen molar-refractivity contribution in [3.8, 4) is 0 Å². The first-order valence-electron chi connectivity index (χ1n) is 8.34. The molecule has 2 amide bonds. The van der Waals surface area contributed by atoms with Crippen molar-refractivity contribution < 1.29 is 9.90 Å². The Morgan fingerprint density at radius 1 is 1.19 bits per heavy atom. The van der Waals surface area contributed by atoms with Gasteiger partial charge in [0.1, 0.15) is 0 Å². The molecule has 0 bridgehead atoms. The van der Waals surface area contributed by atoms with Gasteiger partial charge in [-0.1, -0.05) is 57.3 Å². The first kappa shape index (κ1) is 19.5. The number of aliphatic hydroxyl groups is 1. The highest BCUT2D eigenvalue weighted by molar-refractivity contribution is 9.10. The van der Waals surface area contributed by atoms with Gasteiger partial charge in [-0.15, -0.1) is 0 Å². The van der Waals surface area contributed by atoms with Gasteiger partial charge in [0.2, 0.25) is 0 Å². The van der Waals surface area contributed by atoms with E-state index in [0.29, 0.717) is 29.6 Å². The van der Waals surface area contributed by atoms with Crippen LogP contribution in [0.4, 0.5) is 4.79 Å². The highest BCUT2D eigenvalue weighted by Gasteiger charge is 2.36. The van der Waals surface area contributed by atoms with Crippen LogP contribution >= 0.6 is 39.1 Å². The Hall–Kier alpha value is -1.27. The second kappa shape index (κ2) is 8.61. The lowest BCUT2D eigenvalue weighted by molar-refractivity contribution is 0.101. The fourth-order valence-electron chi connectivity index (χ4n) is 3.35. The molecule has 1 aliphatic rings. The number of hydrogen-bond acceptors (Lipinski definition) is 2. The monoisotopic (exact) mass is 456 g/mol. The lowest BCUT2D eigenvalue weighted by Gasteiger charge is -2.42. The molecule has 26 heavy (non-hydrogen) atoms. The zero-order chi connectivity index (χ0) is 18.7. The minimum Gasteiger partial charge on any atom is -0.396 e. The largest absolute Gasteiger partial charge is 0.396 e. The molecule has 2 unspecified atom stereocenters. The van der Waals surface area contributed by atoms with Gasteiger partial charge in [-0.3, -0.25) is 0 Å². The van der Waals surface area contributed by atoms with E-state index in [-0.39, 0.29) is 24.6 Å². The fourth-order valence-corrected chi connectivity index (χ4v) is 4.09. The summed E-state index contributed by atoms with van der Waals surface area (Å²) in [6, 6.07) is 12.9. The normalized spacial score (nSPS) is 20.2. The standard InChI is InChI=1S/C19H19BrCl2N2O2/c20-15-4-1-12(2-5-15)18-13(7-8-25)10-23-19(26)24(18)11-14-3-6-16(21)9-17(14)22/h1-6,9,13,18,25H,7-8,10-11H2,(H,23,26). The molecule has 0 radical (unpaired) electrons. The van der Waals surface area contributed by atoms with E-state index in [2.05, 4.69) is 21.2 Å². The van der Waals surface area contributed by atoms with Crippen LogP contribution in [0, 0.1) is 5.92 Å². The van der Waals surface area contributed by atoms with Crippen LogP contribution in [0.5, 0.6) is 0 Å². The van der Waals surface area contributed by atoms with Crippen molar-refractivity contribution in [1.82, 2.24) is 10.2 Å². The lowest BCUT2D eigenvalue weighted by atomic mass is 9.87. The number of carbonyl (C=O) groups is 1. The summed E-state index contributed by atoms with van der Waals surface area (Å²) < 4.78 is 0.979. The van der Waals surface area contributed by atoms with Gasteiger partial charge in [-0.05, 0) is 41.8 Å². The number of rotatable bonds is 5. The average molecular weight is 458 g/mol. The van der Waals surface area contributed by atoms with E-state index in [1.54, 1.807) is 17.0 Å². The average Bonchev–Trinajstić information content (AvgIpc) is 2.61.